The summed E-state index contributed by atoms with van der Waals surface area (Å²) < 4.78 is 0.852. The molecule has 27 heavy (non-hydrogen) atoms. The second kappa shape index (κ2) is 7.38. The summed E-state index contributed by atoms with van der Waals surface area (Å²) in [6.07, 6.45) is 0. The van der Waals surface area contributed by atoms with Crippen molar-refractivity contribution in [3.05, 3.63) is 68.6 Å². The molecular formula is C18H13Cl2N3O4. The maximum atomic E-state index is 12.7. The molecule has 3 aromatic rings. The fourth-order valence-electron chi connectivity index (χ4n) is 2.57. The Bertz CT molecular complexity index is 1130. The first-order valence-electron chi connectivity index (χ1n) is 7.80. The molecule has 1 unspecified atom stereocenters. The van der Waals surface area contributed by atoms with Crippen molar-refractivity contribution in [2.45, 2.75) is 13.0 Å². The van der Waals surface area contributed by atoms with Gasteiger partial charge in [0.15, 0.2) is 5.69 Å². The number of rotatable bonds is 4. The minimum Gasteiger partial charge on any atom is -0.476 e. The van der Waals surface area contributed by atoms with Crippen LogP contribution in [0.2, 0.25) is 10.0 Å². The van der Waals surface area contributed by atoms with Gasteiger partial charge in [0.05, 0.1) is 16.1 Å². The Morgan fingerprint density at radius 2 is 1.81 bits per heavy atom. The number of hydrogen-bond donors (Lipinski definition) is 2. The molecule has 0 radical (unpaired) electrons. The third-order valence-corrected chi connectivity index (χ3v) is 4.51. The van der Waals surface area contributed by atoms with Gasteiger partial charge in [-0.1, -0.05) is 41.4 Å². The van der Waals surface area contributed by atoms with Crippen LogP contribution in [0, 0.1) is 0 Å². The van der Waals surface area contributed by atoms with Crippen LogP contribution >= 0.6 is 23.2 Å². The van der Waals surface area contributed by atoms with Gasteiger partial charge in [-0.3, -0.25) is 9.59 Å². The van der Waals surface area contributed by atoms with Gasteiger partial charge >= 0.3 is 5.97 Å². The number of aromatic carboxylic acids is 1. The molecule has 2 N–H and O–H groups in total. The molecule has 1 heterocycles. The summed E-state index contributed by atoms with van der Waals surface area (Å²) >= 11 is 11.9. The lowest BCUT2D eigenvalue weighted by Gasteiger charge is -2.16. The molecule has 0 fully saturated rings. The van der Waals surface area contributed by atoms with E-state index in [-0.39, 0.29) is 21.5 Å². The summed E-state index contributed by atoms with van der Waals surface area (Å²) in [4.78, 5) is 36.8. The third kappa shape index (κ3) is 3.65. The fourth-order valence-corrected chi connectivity index (χ4v) is 3.02. The SMILES string of the molecule is CC(C(=O)Nc1ccc(Cl)cc1Cl)n1nc(C(=O)O)c2ccccc2c1=O. The molecule has 0 spiro atoms. The van der Waals surface area contributed by atoms with Crippen LogP contribution < -0.4 is 10.9 Å². The van der Waals surface area contributed by atoms with Gasteiger partial charge in [-0.2, -0.15) is 5.10 Å². The fraction of sp³-hybridized carbons (Fsp3) is 0.111. The number of carbonyl (C=O) groups is 2. The van der Waals surface area contributed by atoms with E-state index in [1.807, 2.05) is 0 Å². The zero-order valence-corrected chi connectivity index (χ0v) is 15.5. The highest BCUT2D eigenvalue weighted by Gasteiger charge is 2.23. The van der Waals surface area contributed by atoms with Crippen LogP contribution in [0.4, 0.5) is 5.69 Å². The van der Waals surface area contributed by atoms with Gasteiger partial charge in [0.2, 0.25) is 5.91 Å². The maximum absolute atomic E-state index is 12.7. The molecule has 3 rings (SSSR count). The first kappa shape index (κ1) is 18.9. The number of carbonyl (C=O) groups excluding carboxylic acids is 1. The summed E-state index contributed by atoms with van der Waals surface area (Å²) in [7, 11) is 0. The Morgan fingerprint density at radius 1 is 1.15 bits per heavy atom. The second-order valence-electron chi connectivity index (χ2n) is 5.74. The lowest BCUT2D eigenvalue weighted by atomic mass is 10.1. The van der Waals surface area contributed by atoms with Crippen molar-refractivity contribution in [2.24, 2.45) is 0 Å². The average molecular weight is 406 g/mol. The van der Waals surface area contributed by atoms with E-state index >= 15 is 0 Å². The van der Waals surface area contributed by atoms with Gasteiger partial charge in [-0.25, -0.2) is 9.48 Å². The number of nitrogens with zero attached hydrogens (tertiary/aromatic N) is 2. The van der Waals surface area contributed by atoms with E-state index in [9.17, 15) is 19.5 Å². The molecule has 0 aliphatic carbocycles. The van der Waals surface area contributed by atoms with Crippen LogP contribution in [0.5, 0.6) is 0 Å². The van der Waals surface area contributed by atoms with Gasteiger partial charge in [0.1, 0.15) is 6.04 Å². The summed E-state index contributed by atoms with van der Waals surface area (Å²) in [6, 6.07) is 9.67. The molecule has 0 saturated carbocycles. The van der Waals surface area contributed by atoms with Crippen molar-refractivity contribution in [2.75, 3.05) is 5.32 Å². The number of carboxylic acid groups (broad SMARTS) is 1. The van der Waals surface area contributed by atoms with E-state index in [1.54, 1.807) is 18.2 Å². The number of amides is 1. The first-order chi connectivity index (χ1) is 12.8. The third-order valence-electron chi connectivity index (χ3n) is 3.97. The highest BCUT2D eigenvalue weighted by molar-refractivity contribution is 6.36. The standard InChI is InChI=1S/C18H13Cl2N3O4/c1-9(16(24)21-14-7-6-10(19)8-13(14)20)23-17(25)12-5-3-2-4-11(12)15(22-23)18(26)27/h2-9H,1H3,(H,21,24)(H,26,27). The maximum Gasteiger partial charge on any atom is 0.357 e. The molecule has 0 aliphatic heterocycles. The first-order valence-corrected chi connectivity index (χ1v) is 8.56. The molecule has 7 nitrogen and oxygen atoms in total. The Labute approximate surface area is 163 Å². The van der Waals surface area contributed by atoms with E-state index in [1.165, 1.54) is 31.2 Å². The molecule has 1 amide bonds. The summed E-state index contributed by atoms with van der Waals surface area (Å²) in [5.74, 6) is -1.88. The summed E-state index contributed by atoms with van der Waals surface area (Å²) in [5.41, 5.74) is -0.569. The number of carboxylic acids is 1. The molecule has 9 heteroatoms. The van der Waals surface area contributed by atoms with Crippen molar-refractivity contribution < 1.29 is 14.7 Å². The van der Waals surface area contributed by atoms with E-state index in [0.29, 0.717) is 10.7 Å². The van der Waals surface area contributed by atoms with Gasteiger partial charge in [-0.15, -0.1) is 0 Å². The van der Waals surface area contributed by atoms with Crippen LogP contribution in [-0.4, -0.2) is 26.8 Å². The van der Waals surface area contributed by atoms with Crippen LogP contribution in [-0.2, 0) is 4.79 Å². The molecule has 2 aromatic carbocycles. The predicted molar refractivity (Wildman–Crippen MR) is 103 cm³/mol. The minimum atomic E-state index is -1.30. The zero-order valence-electron chi connectivity index (χ0n) is 13.9. The summed E-state index contributed by atoms with van der Waals surface area (Å²) in [6.45, 7) is 1.44. The Hall–Kier alpha value is -2.90. The second-order valence-corrected chi connectivity index (χ2v) is 6.58. The number of nitrogens with one attached hydrogen (secondary N) is 1. The zero-order chi connectivity index (χ0) is 19.7. The lowest BCUT2D eigenvalue weighted by molar-refractivity contribution is -0.119. The smallest absolute Gasteiger partial charge is 0.357 e. The number of anilines is 1. The highest BCUT2D eigenvalue weighted by atomic mass is 35.5. The van der Waals surface area contributed by atoms with Crippen molar-refractivity contribution in [1.82, 2.24) is 9.78 Å². The number of benzene rings is 2. The Kier molecular flexibility index (Phi) is 5.16. The monoisotopic (exact) mass is 405 g/mol. The molecule has 1 aromatic heterocycles. The minimum absolute atomic E-state index is 0.161. The van der Waals surface area contributed by atoms with Crippen molar-refractivity contribution >= 4 is 51.5 Å². The summed E-state index contributed by atoms with van der Waals surface area (Å²) in [5, 5.41) is 16.9. The molecule has 138 valence electrons. The lowest BCUT2D eigenvalue weighted by Crippen LogP contribution is -2.34. The van der Waals surface area contributed by atoms with Crippen LogP contribution in [0.1, 0.15) is 23.5 Å². The predicted octanol–water partition coefficient (Wildman–Crippen LogP) is 3.60. The van der Waals surface area contributed by atoms with Gasteiger partial charge < -0.3 is 10.4 Å². The Balaban J connectivity index is 2.03. The van der Waals surface area contributed by atoms with Crippen LogP contribution in [0.25, 0.3) is 10.8 Å². The molecule has 0 saturated heterocycles. The normalized spacial score (nSPS) is 12.0. The molecular weight excluding hydrogens is 393 g/mol. The van der Waals surface area contributed by atoms with Crippen molar-refractivity contribution in [3.8, 4) is 0 Å². The van der Waals surface area contributed by atoms with Crippen LogP contribution in [0.3, 0.4) is 0 Å². The number of hydrogen-bond acceptors (Lipinski definition) is 4. The highest BCUT2D eigenvalue weighted by Crippen LogP contribution is 2.26. The largest absolute Gasteiger partial charge is 0.476 e. The van der Waals surface area contributed by atoms with Crippen LogP contribution in [0.15, 0.2) is 47.3 Å². The number of fused-ring (bicyclic) bond motifs is 1. The van der Waals surface area contributed by atoms with E-state index in [0.717, 1.165) is 4.68 Å². The topological polar surface area (TPSA) is 101 Å². The molecule has 0 aliphatic rings. The molecule has 0 bridgehead atoms. The van der Waals surface area contributed by atoms with Crippen molar-refractivity contribution in [1.29, 1.82) is 0 Å². The number of halogens is 2. The van der Waals surface area contributed by atoms with E-state index in [4.69, 9.17) is 23.2 Å². The number of aromatic nitrogens is 2. The average Bonchev–Trinajstić information content (AvgIpc) is 2.63. The Morgan fingerprint density at radius 3 is 2.44 bits per heavy atom. The molecule has 1 atom stereocenters. The van der Waals surface area contributed by atoms with Gasteiger partial charge in [0, 0.05) is 10.4 Å². The van der Waals surface area contributed by atoms with E-state index < -0.39 is 23.5 Å². The van der Waals surface area contributed by atoms with Gasteiger partial charge in [0.25, 0.3) is 5.56 Å². The van der Waals surface area contributed by atoms with E-state index in [2.05, 4.69) is 10.4 Å². The quantitative estimate of drug-likeness (QED) is 0.690. The van der Waals surface area contributed by atoms with Crippen molar-refractivity contribution in [3.63, 3.8) is 0 Å². The van der Waals surface area contributed by atoms with Gasteiger partial charge in [-0.05, 0) is 31.2 Å².